The molecule has 14 heavy (non-hydrogen) atoms. The fourth-order valence-electron chi connectivity index (χ4n) is 1.21. The Morgan fingerprint density at radius 2 is 2.14 bits per heavy atom. The van der Waals surface area contributed by atoms with Crippen molar-refractivity contribution in [2.45, 2.75) is 6.92 Å². The summed E-state index contributed by atoms with van der Waals surface area (Å²) in [6, 6.07) is 7.93. The van der Waals surface area contributed by atoms with Crippen LogP contribution in [0.15, 0.2) is 29.6 Å². The molecule has 2 rings (SSSR count). The second kappa shape index (κ2) is 4.24. The fourth-order valence-corrected chi connectivity index (χ4v) is 1.71. The van der Waals surface area contributed by atoms with Crippen LogP contribution in [-0.2, 0) is 0 Å². The summed E-state index contributed by atoms with van der Waals surface area (Å²) in [5.41, 5.74) is 4.90. The fraction of sp³-hybridized carbons (Fsp3) is 0.182. The molecule has 0 unspecified atom stereocenters. The Morgan fingerprint density at radius 1 is 1.36 bits per heavy atom. The van der Waals surface area contributed by atoms with Crippen LogP contribution in [-0.4, -0.2) is 11.6 Å². The molecule has 0 atom stereocenters. The molecule has 1 heterocycles. The van der Waals surface area contributed by atoms with Gasteiger partial charge in [-0.3, -0.25) is 0 Å². The minimum absolute atomic E-state index is 0.698. The summed E-state index contributed by atoms with van der Waals surface area (Å²) in [5, 5.41) is 1.98. The molecule has 0 fully saturated rings. The molecule has 2 aromatic rings. The lowest BCUT2D eigenvalue weighted by Gasteiger charge is -2.02. The zero-order valence-electron chi connectivity index (χ0n) is 7.86. The van der Waals surface area contributed by atoms with Gasteiger partial charge in [0.2, 0.25) is 0 Å². The number of thiazole rings is 1. The van der Waals surface area contributed by atoms with Crippen LogP contribution < -0.4 is 4.74 Å². The lowest BCUT2D eigenvalue weighted by molar-refractivity contribution is 0.340. The second-order valence-electron chi connectivity index (χ2n) is 2.78. The summed E-state index contributed by atoms with van der Waals surface area (Å²) in [7, 11) is 0. The molecule has 71 valence electrons. The van der Waals surface area contributed by atoms with Crippen molar-refractivity contribution >= 4 is 11.3 Å². The van der Waals surface area contributed by atoms with Crippen LogP contribution in [0.5, 0.6) is 5.75 Å². The van der Waals surface area contributed by atoms with E-state index >= 15 is 0 Å². The van der Waals surface area contributed by atoms with Gasteiger partial charge in [0.05, 0.1) is 12.3 Å². The predicted molar refractivity (Wildman–Crippen MR) is 57.6 cm³/mol. The molecule has 2 nitrogen and oxygen atoms in total. The molecule has 0 spiro atoms. The van der Waals surface area contributed by atoms with Gasteiger partial charge in [-0.2, -0.15) is 0 Å². The van der Waals surface area contributed by atoms with Crippen LogP contribution in [0.4, 0.5) is 0 Å². The van der Waals surface area contributed by atoms with Crippen molar-refractivity contribution in [3.8, 4) is 17.0 Å². The molecule has 0 saturated carbocycles. The molecule has 1 radical (unpaired) electrons. The van der Waals surface area contributed by atoms with Gasteiger partial charge in [-0.25, -0.2) is 4.98 Å². The Balaban J connectivity index is 2.22. The van der Waals surface area contributed by atoms with Crippen molar-refractivity contribution in [2.24, 2.45) is 0 Å². The largest absolute Gasteiger partial charge is 0.494 e. The van der Waals surface area contributed by atoms with Crippen molar-refractivity contribution in [1.82, 2.24) is 4.98 Å². The van der Waals surface area contributed by atoms with E-state index < -0.39 is 0 Å². The monoisotopic (exact) mass is 204 g/mol. The molecular formula is C11H10NOS. The zero-order valence-corrected chi connectivity index (χ0v) is 8.67. The van der Waals surface area contributed by atoms with Gasteiger partial charge in [-0.1, -0.05) is 0 Å². The number of rotatable bonds is 3. The molecule has 0 aliphatic rings. The van der Waals surface area contributed by atoms with Crippen molar-refractivity contribution in [3.05, 3.63) is 35.2 Å². The third kappa shape index (κ3) is 1.93. The summed E-state index contributed by atoms with van der Waals surface area (Å²) < 4.78 is 5.35. The van der Waals surface area contributed by atoms with E-state index in [9.17, 15) is 0 Å². The van der Waals surface area contributed by atoms with E-state index in [-0.39, 0.29) is 0 Å². The van der Waals surface area contributed by atoms with Gasteiger partial charge in [-0.05, 0) is 31.2 Å². The summed E-state index contributed by atoms with van der Waals surface area (Å²) in [6.45, 7) is 2.67. The first-order valence-corrected chi connectivity index (χ1v) is 5.33. The summed E-state index contributed by atoms with van der Waals surface area (Å²) in [6.07, 6.45) is 0. The second-order valence-corrected chi connectivity index (χ2v) is 3.44. The van der Waals surface area contributed by atoms with Gasteiger partial charge >= 0.3 is 0 Å². The van der Waals surface area contributed by atoms with Gasteiger partial charge < -0.3 is 4.74 Å². The Morgan fingerprint density at radius 3 is 2.71 bits per heavy atom. The summed E-state index contributed by atoms with van der Waals surface area (Å²) >= 11 is 1.48. The molecule has 0 saturated heterocycles. The molecule has 0 amide bonds. The number of ether oxygens (including phenoxy) is 1. The average molecular weight is 204 g/mol. The SMILES string of the molecule is CCOc1ccc(-c2cs[c]n2)cc1. The van der Waals surface area contributed by atoms with Crippen molar-refractivity contribution in [3.63, 3.8) is 0 Å². The Labute approximate surface area is 87.2 Å². The highest BCUT2D eigenvalue weighted by atomic mass is 32.1. The van der Waals surface area contributed by atoms with E-state index in [2.05, 4.69) is 10.5 Å². The molecule has 1 aromatic carbocycles. The summed E-state index contributed by atoms with van der Waals surface area (Å²) in [5.74, 6) is 0.899. The van der Waals surface area contributed by atoms with Gasteiger partial charge in [-0.15, -0.1) is 11.3 Å². The maximum Gasteiger partial charge on any atom is 0.152 e. The quantitative estimate of drug-likeness (QED) is 0.766. The normalized spacial score (nSPS) is 10.1. The Bertz CT molecular complexity index is 380. The predicted octanol–water partition coefficient (Wildman–Crippen LogP) is 3.01. The molecule has 1 aromatic heterocycles. The van der Waals surface area contributed by atoms with Crippen LogP contribution in [0.3, 0.4) is 0 Å². The van der Waals surface area contributed by atoms with E-state index in [0.29, 0.717) is 6.61 Å². The smallest absolute Gasteiger partial charge is 0.152 e. The van der Waals surface area contributed by atoms with E-state index in [4.69, 9.17) is 4.74 Å². The molecule has 0 bridgehead atoms. The molecule has 0 N–H and O–H groups in total. The van der Waals surface area contributed by atoms with E-state index in [0.717, 1.165) is 17.0 Å². The van der Waals surface area contributed by atoms with Crippen LogP contribution in [0.2, 0.25) is 0 Å². The van der Waals surface area contributed by atoms with E-state index in [1.807, 2.05) is 36.6 Å². The standard InChI is InChI=1S/C11H10NOS/c1-2-13-10-5-3-9(4-6-10)11-7-14-8-12-11/h3-7H,2H2,1H3. The van der Waals surface area contributed by atoms with Crippen molar-refractivity contribution in [2.75, 3.05) is 6.61 Å². The van der Waals surface area contributed by atoms with Crippen LogP contribution in [0.1, 0.15) is 6.92 Å². The minimum Gasteiger partial charge on any atom is -0.494 e. The highest BCUT2D eigenvalue weighted by Crippen LogP contribution is 2.21. The van der Waals surface area contributed by atoms with E-state index in [1.54, 1.807) is 0 Å². The first-order chi connectivity index (χ1) is 6.90. The minimum atomic E-state index is 0.698. The highest BCUT2D eigenvalue weighted by Gasteiger charge is 1.99. The zero-order chi connectivity index (χ0) is 9.80. The molecule has 0 aliphatic heterocycles. The number of benzene rings is 1. The first-order valence-electron chi connectivity index (χ1n) is 4.45. The third-order valence-electron chi connectivity index (χ3n) is 1.85. The highest BCUT2D eigenvalue weighted by molar-refractivity contribution is 7.07. The number of hydrogen-bond acceptors (Lipinski definition) is 3. The summed E-state index contributed by atoms with van der Waals surface area (Å²) in [4.78, 5) is 4.11. The maximum atomic E-state index is 5.35. The van der Waals surface area contributed by atoms with Gasteiger partial charge in [0.1, 0.15) is 5.75 Å². The lowest BCUT2D eigenvalue weighted by Crippen LogP contribution is -1.90. The van der Waals surface area contributed by atoms with Gasteiger partial charge in [0.25, 0.3) is 0 Å². The number of aromatic nitrogens is 1. The van der Waals surface area contributed by atoms with Crippen LogP contribution >= 0.6 is 11.3 Å². The Kier molecular flexibility index (Phi) is 2.79. The van der Waals surface area contributed by atoms with Gasteiger partial charge in [0.15, 0.2) is 5.51 Å². The van der Waals surface area contributed by atoms with Gasteiger partial charge in [0, 0.05) is 10.9 Å². The van der Waals surface area contributed by atoms with Crippen LogP contribution in [0, 0.1) is 5.51 Å². The number of hydrogen-bond donors (Lipinski definition) is 0. The number of nitrogens with zero attached hydrogens (tertiary/aromatic N) is 1. The third-order valence-corrected chi connectivity index (χ3v) is 2.39. The lowest BCUT2D eigenvalue weighted by atomic mass is 10.2. The molecular weight excluding hydrogens is 194 g/mol. The topological polar surface area (TPSA) is 22.1 Å². The van der Waals surface area contributed by atoms with Crippen molar-refractivity contribution in [1.29, 1.82) is 0 Å². The van der Waals surface area contributed by atoms with E-state index in [1.165, 1.54) is 11.3 Å². The van der Waals surface area contributed by atoms with Crippen molar-refractivity contribution < 1.29 is 4.74 Å². The Hall–Kier alpha value is -1.35. The maximum absolute atomic E-state index is 5.35. The molecule has 0 aliphatic carbocycles. The van der Waals surface area contributed by atoms with Crippen LogP contribution in [0.25, 0.3) is 11.3 Å². The first kappa shape index (κ1) is 9.21. The average Bonchev–Trinajstić information content (AvgIpc) is 2.72. The molecule has 3 heteroatoms.